The van der Waals surface area contributed by atoms with Crippen LogP contribution in [0.4, 0.5) is 9.18 Å². The molecular weight excluding hydrogens is 229 g/mol. The van der Waals surface area contributed by atoms with Gasteiger partial charge in [-0.1, -0.05) is 0 Å². The molecule has 82 valence electrons. The van der Waals surface area contributed by atoms with Gasteiger partial charge in [0.25, 0.3) is 0 Å². The lowest BCUT2D eigenvalue weighted by Crippen LogP contribution is -2.24. The van der Waals surface area contributed by atoms with Crippen molar-refractivity contribution in [1.29, 1.82) is 0 Å². The highest BCUT2D eigenvalue weighted by Crippen LogP contribution is 2.24. The number of nitrogens with zero attached hydrogens (tertiary/aromatic N) is 1. The summed E-state index contributed by atoms with van der Waals surface area (Å²) in [5.74, 6) is -0.306. The van der Waals surface area contributed by atoms with Gasteiger partial charge in [0.2, 0.25) is 0 Å². The first-order chi connectivity index (χ1) is 7.66. The van der Waals surface area contributed by atoms with Crippen LogP contribution in [0.25, 0.3) is 10.1 Å². The lowest BCUT2D eigenvalue weighted by atomic mass is 10.2. The molecule has 3 N–H and O–H groups in total. The molecule has 0 saturated heterocycles. The van der Waals surface area contributed by atoms with Crippen LogP contribution in [-0.2, 0) is 0 Å². The smallest absolute Gasteiger partial charge is 0.332 e. The number of nitrogens with one attached hydrogen (secondary N) is 1. The van der Waals surface area contributed by atoms with Gasteiger partial charge in [-0.2, -0.15) is 5.10 Å². The Hall–Kier alpha value is -1.95. The number of fused-ring (bicyclic) bond motifs is 1. The van der Waals surface area contributed by atoms with E-state index in [1.807, 2.05) is 10.8 Å². The molecule has 0 radical (unpaired) electrons. The average Bonchev–Trinajstić information content (AvgIpc) is 2.65. The Balaban J connectivity index is 2.31. The number of primary amides is 1. The fraction of sp³-hybridized carbons (Fsp3) is 0. The number of urea groups is 1. The van der Waals surface area contributed by atoms with Crippen LogP contribution >= 0.6 is 11.3 Å². The average molecular weight is 237 g/mol. The summed E-state index contributed by atoms with van der Waals surface area (Å²) in [6, 6.07) is 4.10. The Morgan fingerprint density at radius 3 is 3.12 bits per heavy atom. The first-order valence-electron chi connectivity index (χ1n) is 4.42. The van der Waals surface area contributed by atoms with Gasteiger partial charge in [0.1, 0.15) is 5.82 Å². The zero-order chi connectivity index (χ0) is 11.5. The largest absolute Gasteiger partial charge is 0.350 e. The summed E-state index contributed by atoms with van der Waals surface area (Å²) in [6.07, 6.45) is 1.34. The van der Waals surface area contributed by atoms with Crippen LogP contribution in [0.2, 0.25) is 0 Å². The summed E-state index contributed by atoms with van der Waals surface area (Å²) in [6.45, 7) is 0. The minimum absolute atomic E-state index is 0.306. The normalized spacial score (nSPS) is 11.1. The Labute approximate surface area is 94.6 Å². The summed E-state index contributed by atoms with van der Waals surface area (Å²) < 4.78 is 14.3. The van der Waals surface area contributed by atoms with E-state index in [1.165, 1.54) is 23.6 Å². The molecule has 0 aliphatic heterocycles. The van der Waals surface area contributed by atoms with Gasteiger partial charge in [0.05, 0.1) is 6.21 Å². The van der Waals surface area contributed by atoms with Crippen molar-refractivity contribution in [3.63, 3.8) is 0 Å². The zero-order valence-corrected chi connectivity index (χ0v) is 8.92. The quantitative estimate of drug-likeness (QED) is 0.609. The lowest BCUT2D eigenvalue weighted by molar-refractivity contribution is 0.249. The maximum atomic E-state index is 13.5. The van der Waals surface area contributed by atoms with E-state index in [2.05, 4.69) is 5.10 Å². The number of rotatable bonds is 2. The number of benzene rings is 1. The van der Waals surface area contributed by atoms with Crippen molar-refractivity contribution in [3.05, 3.63) is 35.0 Å². The van der Waals surface area contributed by atoms with Gasteiger partial charge in [-0.05, 0) is 29.1 Å². The third-order valence-electron chi connectivity index (χ3n) is 1.93. The van der Waals surface area contributed by atoms with Crippen LogP contribution in [0.5, 0.6) is 0 Å². The Morgan fingerprint density at radius 1 is 1.56 bits per heavy atom. The Morgan fingerprint density at radius 2 is 2.38 bits per heavy atom. The Bertz CT molecular complexity index is 564. The molecule has 4 nitrogen and oxygen atoms in total. The van der Waals surface area contributed by atoms with Gasteiger partial charge in [-0.3, -0.25) is 0 Å². The number of amides is 2. The van der Waals surface area contributed by atoms with Gasteiger partial charge in [0, 0.05) is 10.1 Å². The summed E-state index contributed by atoms with van der Waals surface area (Å²) in [5, 5.41) is 5.97. The van der Waals surface area contributed by atoms with Crippen LogP contribution in [0.15, 0.2) is 28.7 Å². The second-order valence-electron chi connectivity index (χ2n) is 3.07. The Kier molecular flexibility index (Phi) is 2.82. The predicted octanol–water partition coefficient (Wildman–Crippen LogP) is 2.04. The molecule has 1 aromatic heterocycles. The molecule has 0 bridgehead atoms. The fourth-order valence-electron chi connectivity index (χ4n) is 1.29. The maximum Gasteiger partial charge on any atom is 0.332 e. The second kappa shape index (κ2) is 4.28. The molecule has 0 aliphatic carbocycles. The minimum Gasteiger partial charge on any atom is -0.350 e. The number of hydrogen-bond donors (Lipinski definition) is 2. The highest BCUT2D eigenvalue weighted by atomic mass is 32.1. The van der Waals surface area contributed by atoms with Crippen molar-refractivity contribution in [2.45, 2.75) is 0 Å². The van der Waals surface area contributed by atoms with E-state index in [1.54, 1.807) is 12.1 Å². The number of thiophene rings is 1. The van der Waals surface area contributed by atoms with Gasteiger partial charge in [-0.25, -0.2) is 14.6 Å². The molecule has 6 heteroatoms. The van der Waals surface area contributed by atoms with E-state index in [9.17, 15) is 9.18 Å². The van der Waals surface area contributed by atoms with Crippen molar-refractivity contribution in [1.82, 2.24) is 5.43 Å². The number of carbonyl (C=O) groups excluding carboxylic acids is 1. The summed E-state index contributed by atoms with van der Waals surface area (Å²) >= 11 is 1.44. The molecule has 0 aliphatic rings. The summed E-state index contributed by atoms with van der Waals surface area (Å²) in [7, 11) is 0. The van der Waals surface area contributed by atoms with Crippen LogP contribution in [0.1, 0.15) is 5.56 Å². The number of carbonyl (C=O) groups is 1. The topological polar surface area (TPSA) is 67.5 Å². The summed E-state index contributed by atoms with van der Waals surface area (Å²) in [5.41, 5.74) is 7.44. The highest BCUT2D eigenvalue weighted by molar-refractivity contribution is 7.17. The first kappa shape index (κ1) is 10.6. The van der Waals surface area contributed by atoms with Gasteiger partial charge in [0.15, 0.2) is 0 Å². The third-order valence-corrected chi connectivity index (χ3v) is 2.80. The number of nitrogens with two attached hydrogens (primary N) is 1. The third kappa shape index (κ3) is 2.17. The fourth-order valence-corrected chi connectivity index (χ4v) is 2.14. The van der Waals surface area contributed by atoms with E-state index in [0.29, 0.717) is 10.9 Å². The predicted molar refractivity (Wildman–Crippen MR) is 62.1 cm³/mol. The number of hydrogen-bond acceptors (Lipinski definition) is 3. The van der Waals surface area contributed by atoms with Crippen LogP contribution in [0.3, 0.4) is 0 Å². The molecule has 0 unspecified atom stereocenters. The monoisotopic (exact) mass is 237 g/mol. The molecule has 0 saturated carbocycles. The van der Waals surface area contributed by atoms with E-state index >= 15 is 0 Å². The zero-order valence-electron chi connectivity index (χ0n) is 8.11. The molecule has 0 spiro atoms. The standard InChI is InChI=1S/C10H8FN3OS/c11-8-3-6(5-13-14-10(12)15)4-9-7(8)1-2-16-9/h1-5H,(H3,12,14,15). The molecule has 1 aromatic carbocycles. The van der Waals surface area contributed by atoms with Crippen LogP contribution < -0.4 is 11.2 Å². The molecule has 2 rings (SSSR count). The molecular formula is C10H8FN3OS. The molecule has 0 fully saturated rings. The molecule has 16 heavy (non-hydrogen) atoms. The summed E-state index contributed by atoms with van der Waals surface area (Å²) in [4.78, 5) is 10.4. The molecule has 2 amide bonds. The van der Waals surface area contributed by atoms with Crippen molar-refractivity contribution in [2.75, 3.05) is 0 Å². The lowest BCUT2D eigenvalue weighted by Gasteiger charge is -1.96. The van der Waals surface area contributed by atoms with E-state index < -0.39 is 6.03 Å². The number of hydrazone groups is 1. The highest BCUT2D eigenvalue weighted by Gasteiger charge is 2.03. The van der Waals surface area contributed by atoms with Crippen molar-refractivity contribution < 1.29 is 9.18 Å². The van der Waals surface area contributed by atoms with Gasteiger partial charge >= 0.3 is 6.03 Å². The van der Waals surface area contributed by atoms with Gasteiger partial charge in [-0.15, -0.1) is 11.3 Å². The van der Waals surface area contributed by atoms with Crippen LogP contribution in [-0.4, -0.2) is 12.2 Å². The van der Waals surface area contributed by atoms with Crippen molar-refractivity contribution >= 4 is 33.7 Å². The van der Waals surface area contributed by atoms with E-state index in [0.717, 1.165) is 4.70 Å². The molecule has 2 aromatic rings. The maximum absolute atomic E-state index is 13.5. The molecule has 0 atom stereocenters. The minimum atomic E-state index is -0.756. The van der Waals surface area contributed by atoms with E-state index in [4.69, 9.17) is 5.73 Å². The second-order valence-corrected chi connectivity index (χ2v) is 4.02. The van der Waals surface area contributed by atoms with Crippen LogP contribution in [0, 0.1) is 5.82 Å². The SMILES string of the molecule is NC(=O)NN=Cc1cc(F)c2ccsc2c1. The molecule has 1 heterocycles. The van der Waals surface area contributed by atoms with Gasteiger partial charge < -0.3 is 5.73 Å². The van der Waals surface area contributed by atoms with Crippen molar-refractivity contribution in [3.8, 4) is 0 Å². The number of halogens is 1. The van der Waals surface area contributed by atoms with E-state index in [-0.39, 0.29) is 5.82 Å². The van der Waals surface area contributed by atoms with Crippen molar-refractivity contribution in [2.24, 2.45) is 10.8 Å². The first-order valence-corrected chi connectivity index (χ1v) is 5.30.